The largest absolute Gasteiger partial charge is 0.348 e. The molecule has 1 aromatic rings. The number of rotatable bonds is 4. The van der Waals surface area contributed by atoms with E-state index in [2.05, 4.69) is 5.32 Å². The van der Waals surface area contributed by atoms with Crippen LogP contribution in [0.4, 0.5) is 4.39 Å². The first-order valence-corrected chi connectivity index (χ1v) is 5.07. The van der Waals surface area contributed by atoms with Gasteiger partial charge in [0.15, 0.2) is 5.78 Å². The highest BCUT2D eigenvalue weighted by atomic mass is 19.1. The van der Waals surface area contributed by atoms with Crippen LogP contribution >= 0.6 is 0 Å². The lowest BCUT2D eigenvalue weighted by molar-refractivity contribution is -0.123. The molecule has 0 spiro atoms. The third-order valence-corrected chi connectivity index (χ3v) is 2.09. The molecule has 1 amide bonds. The van der Waals surface area contributed by atoms with Crippen molar-refractivity contribution >= 4 is 11.7 Å². The van der Waals surface area contributed by atoms with E-state index in [0.717, 1.165) is 6.07 Å². The van der Waals surface area contributed by atoms with E-state index in [1.165, 1.54) is 18.2 Å². The Bertz CT molecular complexity index is 402. The summed E-state index contributed by atoms with van der Waals surface area (Å²) >= 11 is 0. The number of ketones is 1. The number of hydrogen-bond donors (Lipinski definition) is 1. The van der Waals surface area contributed by atoms with Gasteiger partial charge in [-0.05, 0) is 12.1 Å². The minimum absolute atomic E-state index is 0.0968. The summed E-state index contributed by atoms with van der Waals surface area (Å²) in [6.45, 7) is 3.38. The fraction of sp³-hybridized carbons (Fsp3) is 0.333. The van der Waals surface area contributed by atoms with E-state index in [0.29, 0.717) is 0 Å². The summed E-state index contributed by atoms with van der Waals surface area (Å²) in [5.41, 5.74) is 0.268. The third kappa shape index (κ3) is 3.46. The Balaban J connectivity index is 2.57. The number of Topliss-reactive ketones (excluding diaryl/α,β-unsaturated/α-hetero) is 1. The van der Waals surface area contributed by atoms with Crippen LogP contribution in [0.25, 0.3) is 0 Å². The van der Waals surface area contributed by atoms with Crippen LogP contribution in [0.2, 0.25) is 0 Å². The lowest BCUT2D eigenvalue weighted by atomic mass is 10.1. The first kappa shape index (κ1) is 12.4. The fourth-order valence-electron chi connectivity index (χ4n) is 1.14. The second-order valence-electron chi connectivity index (χ2n) is 3.81. The molecule has 0 saturated heterocycles. The van der Waals surface area contributed by atoms with E-state index >= 15 is 0 Å². The van der Waals surface area contributed by atoms with Crippen molar-refractivity contribution in [2.24, 2.45) is 5.92 Å². The van der Waals surface area contributed by atoms with Gasteiger partial charge in [0, 0.05) is 11.5 Å². The molecule has 0 heterocycles. The molecule has 0 aliphatic carbocycles. The van der Waals surface area contributed by atoms with Gasteiger partial charge in [0.1, 0.15) is 5.82 Å². The van der Waals surface area contributed by atoms with E-state index in [4.69, 9.17) is 0 Å². The van der Waals surface area contributed by atoms with Gasteiger partial charge in [0.05, 0.1) is 6.54 Å². The molecule has 0 radical (unpaired) electrons. The van der Waals surface area contributed by atoms with Crippen molar-refractivity contribution in [3.63, 3.8) is 0 Å². The highest BCUT2D eigenvalue weighted by molar-refractivity contribution is 5.99. The summed E-state index contributed by atoms with van der Waals surface area (Å²) in [6, 6.07) is 5.41. The van der Waals surface area contributed by atoms with Crippen LogP contribution in [-0.2, 0) is 4.79 Å². The molecule has 0 unspecified atom stereocenters. The zero-order valence-electron chi connectivity index (χ0n) is 9.29. The van der Waals surface area contributed by atoms with Crippen molar-refractivity contribution in [1.29, 1.82) is 0 Å². The molecule has 0 atom stereocenters. The van der Waals surface area contributed by atoms with E-state index in [9.17, 15) is 14.0 Å². The highest BCUT2D eigenvalue weighted by Crippen LogP contribution is 2.04. The first-order valence-electron chi connectivity index (χ1n) is 5.07. The predicted octanol–water partition coefficient (Wildman–Crippen LogP) is 1.78. The maximum absolute atomic E-state index is 12.8. The van der Waals surface area contributed by atoms with Crippen molar-refractivity contribution < 1.29 is 14.0 Å². The average molecular weight is 223 g/mol. The standard InChI is InChI=1S/C12H14FNO2/c1-8(2)12(16)14-7-11(15)9-4-3-5-10(13)6-9/h3-6,8H,7H2,1-2H3,(H,14,16). The summed E-state index contributed by atoms with van der Waals surface area (Å²) in [4.78, 5) is 22.8. The lowest BCUT2D eigenvalue weighted by Gasteiger charge is -2.06. The Hall–Kier alpha value is -1.71. The molecule has 1 aromatic carbocycles. The normalized spacial score (nSPS) is 10.2. The Morgan fingerprint density at radius 2 is 2.06 bits per heavy atom. The smallest absolute Gasteiger partial charge is 0.222 e. The summed E-state index contributed by atoms with van der Waals surface area (Å²) < 4.78 is 12.8. The molecular formula is C12H14FNO2. The third-order valence-electron chi connectivity index (χ3n) is 2.09. The molecular weight excluding hydrogens is 209 g/mol. The summed E-state index contributed by atoms with van der Waals surface area (Å²) in [5, 5.41) is 2.49. The number of halogens is 1. The monoisotopic (exact) mass is 223 g/mol. The number of benzene rings is 1. The lowest BCUT2D eigenvalue weighted by Crippen LogP contribution is -2.32. The number of hydrogen-bond acceptors (Lipinski definition) is 2. The van der Waals surface area contributed by atoms with Gasteiger partial charge in [-0.1, -0.05) is 26.0 Å². The van der Waals surface area contributed by atoms with Crippen molar-refractivity contribution in [2.75, 3.05) is 6.54 Å². The Labute approximate surface area is 93.7 Å². The molecule has 0 aliphatic rings. The van der Waals surface area contributed by atoms with Gasteiger partial charge in [-0.15, -0.1) is 0 Å². The summed E-state index contributed by atoms with van der Waals surface area (Å²) in [7, 11) is 0. The van der Waals surface area contributed by atoms with Crippen LogP contribution in [0.5, 0.6) is 0 Å². The van der Waals surface area contributed by atoms with Crippen molar-refractivity contribution in [3.05, 3.63) is 35.6 Å². The number of carbonyl (C=O) groups excluding carboxylic acids is 2. The zero-order chi connectivity index (χ0) is 12.1. The number of nitrogens with one attached hydrogen (secondary N) is 1. The number of carbonyl (C=O) groups is 2. The Morgan fingerprint density at radius 1 is 1.38 bits per heavy atom. The van der Waals surface area contributed by atoms with Crippen molar-refractivity contribution in [2.45, 2.75) is 13.8 Å². The van der Waals surface area contributed by atoms with Crippen molar-refractivity contribution in [1.82, 2.24) is 5.32 Å². The molecule has 0 fully saturated rings. The van der Waals surface area contributed by atoms with Crippen LogP contribution in [0.1, 0.15) is 24.2 Å². The maximum Gasteiger partial charge on any atom is 0.222 e. The predicted molar refractivity (Wildman–Crippen MR) is 58.6 cm³/mol. The molecule has 86 valence electrons. The van der Waals surface area contributed by atoms with E-state index < -0.39 is 5.82 Å². The van der Waals surface area contributed by atoms with E-state index in [1.807, 2.05) is 0 Å². The zero-order valence-corrected chi connectivity index (χ0v) is 9.29. The molecule has 1 rings (SSSR count). The van der Waals surface area contributed by atoms with Crippen LogP contribution < -0.4 is 5.32 Å². The van der Waals surface area contributed by atoms with Gasteiger partial charge < -0.3 is 5.32 Å². The summed E-state index contributed by atoms with van der Waals surface area (Å²) in [5.74, 6) is -1.11. The quantitative estimate of drug-likeness (QED) is 0.791. The van der Waals surface area contributed by atoms with Crippen LogP contribution in [-0.4, -0.2) is 18.2 Å². The van der Waals surface area contributed by atoms with Gasteiger partial charge >= 0.3 is 0 Å². The first-order chi connectivity index (χ1) is 7.50. The SMILES string of the molecule is CC(C)C(=O)NCC(=O)c1cccc(F)c1. The molecule has 16 heavy (non-hydrogen) atoms. The van der Waals surface area contributed by atoms with Crippen LogP contribution in [0.15, 0.2) is 24.3 Å². The number of amides is 1. The maximum atomic E-state index is 12.8. The Kier molecular flexibility index (Phi) is 4.17. The minimum atomic E-state index is -0.457. The molecule has 4 heteroatoms. The second kappa shape index (κ2) is 5.39. The van der Waals surface area contributed by atoms with E-state index in [1.54, 1.807) is 13.8 Å². The van der Waals surface area contributed by atoms with Gasteiger partial charge in [-0.2, -0.15) is 0 Å². The molecule has 0 aromatic heterocycles. The van der Waals surface area contributed by atoms with Gasteiger partial charge in [-0.3, -0.25) is 9.59 Å². The minimum Gasteiger partial charge on any atom is -0.348 e. The van der Waals surface area contributed by atoms with Crippen LogP contribution in [0.3, 0.4) is 0 Å². The molecule has 0 aliphatic heterocycles. The molecule has 3 nitrogen and oxygen atoms in total. The average Bonchev–Trinajstić information content (AvgIpc) is 2.25. The topological polar surface area (TPSA) is 46.2 Å². The summed E-state index contributed by atoms with van der Waals surface area (Å²) in [6.07, 6.45) is 0. The van der Waals surface area contributed by atoms with Gasteiger partial charge in [0.2, 0.25) is 5.91 Å². The molecule has 0 bridgehead atoms. The molecule has 0 saturated carbocycles. The van der Waals surface area contributed by atoms with Crippen molar-refractivity contribution in [3.8, 4) is 0 Å². The van der Waals surface area contributed by atoms with Crippen LogP contribution in [0, 0.1) is 11.7 Å². The second-order valence-corrected chi connectivity index (χ2v) is 3.81. The van der Waals surface area contributed by atoms with Gasteiger partial charge in [-0.25, -0.2) is 4.39 Å². The Morgan fingerprint density at radius 3 is 2.62 bits per heavy atom. The fourth-order valence-corrected chi connectivity index (χ4v) is 1.14. The van der Waals surface area contributed by atoms with Gasteiger partial charge in [0.25, 0.3) is 0 Å². The van der Waals surface area contributed by atoms with E-state index in [-0.39, 0.29) is 29.7 Å². The molecule has 1 N–H and O–H groups in total. The highest BCUT2D eigenvalue weighted by Gasteiger charge is 2.10.